The highest BCUT2D eigenvalue weighted by Gasteiger charge is 2.57. The third kappa shape index (κ3) is 1.72. The molecular weight excluding hydrogens is 240 g/mol. The summed E-state index contributed by atoms with van der Waals surface area (Å²) in [5.41, 5.74) is 1.41. The molecule has 0 aromatic rings. The SMILES string of the molecule is CC1CC23CCC4C(CCC4(C)C)C(C)C2CCC1C3. The Bertz CT molecular complexity index is 391. The van der Waals surface area contributed by atoms with E-state index < -0.39 is 0 Å². The van der Waals surface area contributed by atoms with E-state index >= 15 is 0 Å². The monoisotopic (exact) mass is 274 g/mol. The summed E-state index contributed by atoms with van der Waals surface area (Å²) in [5.74, 6) is 6.29. The van der Waals surface area contributed by atoms with Crippen molar-refractivity contribution in [2.75, 3.05) is 0 Å². The minimum atomic E-state index is 0.632. The summed E-state index contributed by atoms with van der Waals surface area (Å²) in [6.07, 6.45) is 12.5. The standard InChI is InChI=1S/C20H34/c1-13-11-20-10-8-18-16(7-9-19(18,3)4)14(2)17(20)6-5-15(13)12-20/h13-18H,5-12H2,1-4H3. The van der Waals surface area contributed by atoms with Crippen molar-refractivity contribution in [3.8, 4) is 0 Å². The molecule has 0 heteroatoms. The molecule has 7 atom stereocenters. The van der Waals surface area contributed by atoms with Crippen LogP contribution in [0.3, 0.4) is 0 Å². The second-order valence-corrected chi connectivity index (χ2v) is 9.89. The smallest absolute Gasteiger partial charge is 0.0261 e. The van der Waals surface area contributed by atoms with Gasteiger partial charge in [-0.05, 0) is 97.7 Å². The van der Waals surface area contributed by atoms with Gasteiger partial charge >= 0.3 is 0 Å². The maximum Gasteiger partial charge on any atom is -0.0261 e. The molecule has 0 N–H and O–H groups in total. The van der Waals surface area contributed by atoms with Crippen LogP contribution in [0.5, 0.6) is 0 Å². The summed E-state index contributed by atoms with van der Waals surface area (Å²) in [7, 11) is 0. The largest absolute Gasteiger partial charge is 0.0622 e. The molecule has 7 unspecified atom stereocenters. The average molecular weight is 274 g/mol. The van der Waals surface area contributed by atoms with Crippen LogP contribution in [0.4, 0.5) is 0 Å². The summed E-state index contributed by atoms with van der Waals surface area (Å²) >= 11 is 0. The van der Waals surface area contributed by atoms with Crippen molar-refractivity contribution in [2.45, 2.75) is 79.1 Å². The molecule has 4 fully saturated rings. The van der Waals surface area contributed by atoms with Crippen LogP contribution in [0.15, 0.2) is 0 Å². The van der Waals surface area contributed by atoms with E-state index in [1.807, 2.05) is 0 Å². The molecular formula is C20H34. The summed E-state index contributed by atoms with van der Waals surface area (Å²) in [6, 6.07) is 0. The zero-order chi connectivity index (χ0) is 14.1. The Hall–Kier alpha value is 0. The van der Waals surface area contributed by atoms with Crippen molar-refractivity contribution in [1.82, 2.24) is 0 Å². The normalized spacial score (nSPS) is 57.0. The summed E-state index contributed by atoms with van der Waals surface area (Å²) in [4.78, 5) is 0. The summed E-state index contributed by atoms with van der Waals surface area (Å²) in [6.45, 7) is 10.3. The van der Waals surface area contributed by atoms with Crippen LogP contribution >= 0.6 is 0 Å². The minimum Gasteiger partial charge on any atom is -0.0622 e. The van der Waals surface area contributed by atoms with Gasteiger partial charge in [-0.1, -0.05) is 27.7 Å². The zero-order valence-electron chi connectivity index (χ0n) is 14.1. The Labute approximate surface area is 126 Å². The molecule has 0 saturated heterocycles. The third-order valence-electron chi connectivity index (χ3n) is 8.74. The van der Waals surface area contributed by atoms with Crippen molar-refractivity contribution >= 4 is 0 Å². The first kappa shape index (κ1) is 13.6. The van der Waals surface area contributed by atoms with Gasteiger partial charge in [-0.15, -0.1) is 0 Å². The third-order valence-corrected chi connectivity index (χ3v) is 8.74. The van der Waals surface area contributed by atoms with E-state index in [2.05, 4.69) is 27.7 Å². The van der Waals surface area contributed by atoms with Gasteiger partial charge in [0.2, 0.25) is 0 Å². The molecule has 114 valence electrons. The molecule has 0 radical (unpaired) electrons. The second kappa shape index (κ2) is 4.26. The van der Waals surface area contributed by atoms with Crippen LogP contribution in [0.2, 0.25) is 0 Å². The number of fused-ring (bicyclic) bond motifs is 2. The molecule has 1 spiro atoms. The molecule has 0 aromatic heterocycles. The molecule has 0 aromatic carbocycles. The molecule has 0 aliphatic heterocycles. The highest BCUT2D eigenvalue weighted by Crippen LogP contribution is 2.67. The quantitative estimate of drug-likeness (QED) is 0.515. The highest BCUT2D eigenvalue weighted by atomic mass is 14.6. The van der Waals surface area contributed by atoms with E-state index in [1.54, 1.807) is 38.5 Å². The van der Waals surface area contributed by atoms with Gasteiger partial charge in [0.1, 0.15) is 0 Å². The predicted molar refractivity (Wildman–Crippen MR) is 85.4 cm³/mol. The van der Waals surface area contributed by atoms with Crippen LogP contribution in [0, 0.1) is 46.3 Å². The Morgan fingerprint density at radius 3 is 2.40 bits per heavy atom. The molecule has 0 nitrogen and oxygen atoms in total. The fourth-order valence-electron chi connectivity index (χ4n) is 7.69. The first-order valence-corrected chi connectivity index (χ1v) is 9.43. The van der Waals surface area contributed by atoms with Gasteiger partial charge in [0, 0.05) is 0 Å². The van der Waals surface area contributed by atoms with Crippen LogP contribution < -0.4 is 0 Å². The van der Waals surface area contributed by atoms with Gasteiger partial charge in [-0.3, -0.25) is 0 Å². The van der Waals surface area contributed by atoms with Crippen LogP contribution in [-0.2, 0) is 0 Å². The Morgan fingerprint density at radius 1 is 0.800 bits per heavy atom. The first-order chi connectivity index (χ1) is 9.43. The maximum absolute atomic E-state index is 2.65. The summed E-state index contributed by atoms with van der Waals surface area (Å²) < 4.78 is 0. The fraction of sp³-hybridized carbons (Fsp3) is 1.00. The van der Waals surface area contributed by atoms with E-state index in [4.69, 9.17) is 0 Å². The van der Waals surface area contributed by atoms with Crippen molar-refractivity contribution in [3.63, 3.8) is 0 Å². The maximum atomic E-state index is 2.65. The Morgan fingerprint density at radius 2 is 1.60 bits per heavy atom. The second-order valence-electron chi connectivity index (χ2n) is 9.89. The van der Waals surface area contributed by atoms with E-state index in [-0.39, 0.29) is 0 Å². The van der Waals surface area contributed by atoms with Crippen LogP contribution in [0.25, 0.3) is 0 Å². The lowest BCUT2D eigenvalue weighted by Crippen LogP contribution is -2.36. The van der Waals surface area contributed by atoms with Crippen molar-refractivity contribution < 1.29 is 0 Å². The molecule has 4 saturated carbocycles. The van der Waals surface area contributed by atoms with Gasteiger partial charge in [0.25, 0.3) is 0 Å². The van der Waals surface area contributed by atoms with Crippen LogP contribution in [0.1, 0.15) is 79.1 Å². The van der Waals surface area contributed by atoms with Gasteiger partial charge in [0.15, 0.2) is 0 Å². The zero-order valence-corrected chi connectivity index (χ0v) is 14.1. The molecule has 0 heterocycles. The number of hydrogen-bond acceptors (Lipinski definition) is 0. The van der Waals surface area contributed by atoms with Crippen LogP contribution in [-0.4, -0.2) is 0 Å². The van der Waals surface area contributed by atoms with Crippen molar-refractivity contribution in [1.29, 1.82) is 0 Å². The Balaban J connectivity index is 1.68. The molecule has 0 amide bonds. The van der Waals surface area contributed by atoms with Crippen molar-refractivity contribution in [3.05, 3.63) is 0 Å². The average Bonchev–Trinajstić information content (AvgIpc) is 2.77. The molecule has 4 rings (SSSR count). The van der Waals surface area contributed by atoms with E-state index in [9.17, 15) is 0 Å². The number of hydrogen-bond donors (Lipinski definition) is 0. The molecule has 20 heavy (non-hydrogen) atoms. The lowest BCUT2D eigenvalue weighted by molar-refractivity contribution is 0.0521. The lowest BCUT2D eigenvalue weighted by Gasteiger charge is -2.44. The lowest BCUT2D eigenvalue weighted by atomic mass is 9.61. The molecule has 2 bridgehead atoms. The van der Waals surface area contributed by atoms with E-state index in [0.717, 1.165) is 40.9 Å². The predicted octanol–water partition coefficient (Wildman–Crippen LogP) is 5.91. The topological polar surface area (TPSA) is 0 Å². The fourth-order valence-corrected chi connectivity index (χ4v) is 7.69. The summed E-state index contributed by atoms with van der Waals surface area (Å²) in [5, 5.41) is 0. The van der Waals surface area contributed by atoms with Crippen molar-refractivity contribution in [2.24, 2.45) is 46.3 Å². The Kier molecular flexibility index (Phi) is 2.91. The first-order valence-electron chi connectivity index (χ1n) is 9.43. The van der Waals surface area contributed by atoms with Gasteiger partial charge < -0.3 is 0 Å². The van der Waals surface area contributed by atoms with Gasteiger partial charge in [0.05, 0.1) is 0 Å². The van der Waals surface area contributed by atoms with Gasteiger partial charge in [-0.2, -0.15) is 0 Å². The minimum absolute atomic E-state index is 0.632. The molecule has 4 aliphatic carbocycles. The number of rotatable bonds is 0. The van der Waals surface area contributed by atoms with E-state index in [1.165, 1.54) is 12.8 Å². The van der Waals surface area contributed by atoms with Gasteiger partial charge in [-0.25, -0.2) is 0 Å². The highest BCUT2D eigenvalue weighted by molar-refractivity contribution is 5.07. The van der Waals surface area contributed by atoms with E-state index in [0.29, 0.717) is 5.41 Å². The molecule has 4 aliphatic rings.